The first-order valence-electron chi connectivity index (χ1n) is 4.21. The number of nitrogens with two attached hydrogens (primary N) is 1. The standard InChI is InChI=1S/C9H11BrN2O/c10-7-1-2-8(12-5-7)9(3-4-9)6-13-11/h1-2,5H,3-4,6,11H2. The molecular formula is C9H11BrN2O. The molecule has 0 amide bonds. The van der Waals surface area contributed by atoms with Crippen molar-refractivity contribution in [2.75, 3.05) is 6.61 Å². The fourth-order valence-electron chi connectivity index (χ4n) is 1.47. The highest BCUT2D eigenvalue weighted by atomic mass is 79.9. The SMILES string of the molecule is NOCC1(c2ccc(Br)cn2)CC1. The molecule has 1 heterocycles. The molecule has 0 spiro atoms. The van der Waals surface area contributed by atoms with Crippen LogP contribution >= 0.6 is 15.9 Å². The van der Waals surface area contributed by atoms with E-state index in [9.17, 15) is 0 Å². The van der Waals surface area contributed by atoms with Gasteiger partial charge < -0.3 is 4.84 Å². The van der Waals surface area contributed by atoms with Gasteiger partial charge in [0.1, 0.15) is 0 Å². The van der Waals surface area contributed by atoms with Gasteiger partial charge in [0.05, 0.1) is 6.61 Å². The van der Waals surface area contributed by atoms with Crippen molar-refractivity contribution in [3.05, 3.63) is 28.5 Å². The van der Waals surface area contributed by atoms with Crippen LogP contribution in [0.15, 0.2) is 22.8 Å². The van der Waals surface area contributed by atoms with Gasteiger partial charge in [0.25, 0.3) is 0 Å². The van der Waals surface area contributed by atoms with Crippen LogP contribution in [-0.2, 0) is 10.3 Å². The molecule has 1 aliphatic rings. The van der Waals surface area contributed by atoms with Gasteiger partial charge in [-0.05, 0) is 40.9 Å². The largest absolute Gasteiger partial charge is 0.304 e. The zero-order valence-corrected chi connectivity index (χ0v) is 8.75. The number of pyridine rings is 1. The van der Waals surface area contributed by atoms with E-state index in [0.717, 1.165) is 23.0 Å². The predicted molar refractivity (Wildman–Crippen MR) is 53.0 cm³/mol. The van der Waals surface area contributed by atoms with Crippen molar-refractivity contribution in [1.29, 1.82) is 0 Å². The van der Waals surface area contributed by atoms with Crippen molar-refractivity contribution in [1.82, 2.24) is 4.98 Å². The molecule has 0 aliphatic heterocycles. The zero-order chi connectivity index (χ0) is 9.31. The molecule has 1 aliphatic carbocycles. The highest BCUT2D eigenvalue weighted by Gasteiger charge is 2.45. The summed E-state index contributed by atoms with van der Waals surface area (Å²) in [5.74, 6) is 5.08. The van der Waals surface area contributed by atoms with Crippen LogP contribution in [0.3, 0.4) is 0 Å². The second-order valence-electron chi connectivity index (χ2n) is 3.45. The Kier molecular flexibility index (Phi) is 2.36. The monoisotopic (exact) mass is 242 g/mol. The zero-order valence-electron chi connectivity index (χ0n) is 7.16. The molecular weight excluding hydrogens is 232 g/mol. The van der Waals surface area contributed by atoms with E-state index in [4.69, 9.17) is 10.7 Å². The highest BCUT2D eigenvalue weighted by molar-refractivity contribution is 9.10. The molecule has 1 saturated carbocycles. The first-order valence-corrected chi connectivity index (χ1v) is 5.00. The number of hydrogen-bond acceptors (Lipinski definition) is 3. The topological polar surface area (TPSA) is 48.1 Å². The molecule has 70 valence electrons. The fraction of sp³-hybridized carbons (Fsp3) is 0.444. The third-order valence-electron chi connectivity index (χ3n) is 2.48. The predicted octanol–water partition coefficient (Wildman–Crippen LogP) is 1.77. The van der Waals surface area contributed by atoms with Gasteiger partial charge >= 0.3 is 0 Å². The lowest BCUT2D eigenvalue weighted by Gasteiger charge is -2.12. The van der Waals surface area contributed by atoms with E-state index >= 15 is 0 Å². The van der Waals surface area contributed by atoms with E-state index in [1.165, 1.54) is 0 Å². The summed E-state index contributed by atoms with van der Waals surface area (Å²) in [4.78, 5) is 9.05. The Labute approximate surface area is 85.4 Å². The molecule has 2 N–H and O–H groups in total. The average molecular weight is 243 g/mol. The van der Waals surface area contributed by atoms with E-state index < -0.39 is 0 Å². The van der Waals surface area contributed by atoms with Crippen molar-refractivity contribution in [3.63, 3.8) is 0 Å². The number of halogens is 1. The van der Waals surface area contributed by atoms with E-state index in [-0.39, 0.29) is 5.41 Å². The van der Waals surface area contributed by atoms with Gasteiger partial charge in [-0.25, -0.2) is 5.90 Å². The number of rotatable bonds is 3. The lowest BCUT2D eigenvalue weighted by Crippen LogP contribution is -2.19. The van der Waals surface area contributed by atoms with Gasteiger partial charge in [-0.2, -0.15) is 0 Å². The van der Waals surface area contributed by atoms with Gasteiger partial charge in [0.2, 0.25) is 0 Å². The third-order valence-corrected chi connectivity index (χ3v) is 2.95. The molecule has 13 heavy (non-hydrogen) atoms. The minimum absolute atomic E-state index is 0.107. The Hall–Kier alpha value is -0.450. The summed E-state index contributed by atoms with van der Waals surface area (Å²) in [5, 5.41) is 0. The second kappa shape index (κ2) is 3.36. The van der Waals surface area contributed by atoms with Crippen LogP contribution in [0.4, 0.5) is 0 Å². The van der Waals surface area contributed by atoms with Crippen LogP contribution in [-0.4, -0.2) is 11.6 Å². The third kappa shape index (κ3) is 1.75. The van der Waals surface area contributed by atoms with Gasteiger partial charge in [-0.1, -0.05) is 0 Å². The van der Waals surface area contributed by atoms with Crippen molar-refractivity contribution < 1.29 is 4.84 Å². The Bertz CT molecular complexity index is 295. The maximum atomic E-state index is 5.08. The lowest BCUT2D eigenvalue weighted by atomic mass is 10.0. The summed E-state index contributed by atoms with van der Waals surface area (Å²) in [7, 11) is 0. The van der Waals surface area contributed by atoms with Crippen molar-refractivity contribution in [2.24, 2.45) is 5.90 Å². The molecule has 0 atom stereocenters. The molecule has 1 fully saturated rings. The number of hydrogen-bond donors (Lipinski definition) is 1. The summed E-state index contributed by atoms with van der Waals surface area (Å²) < 4.78 is 1.00. The van der Waals surface area contributed by atoms with E-state index in [2.05, 4.69) is 20.9 Å². The van der Waals surface area contributed by atoms with E-state index in [1.54, 1.807) is 0 Å². The van der Waals surface area contributed by atoms with E-state index in [1.807, 2.05) is 18.3 Å². The summed E-state index contributed by atoms with van der Waals surface area (Å²) in [6.07, 6.45) is 4.06. The first kappa shape index (κ1) is 9.12. The summed E-state index contributed by atoms with van der Waals surface area (Å²) in [5.41, 5.74) is 1.19. The van der Waals surface area contributed by atoms with Crippen LogP contribution < -0.4 is 5.90 Å². The van der Waals surface area contributed by atoms with E-state index in [0.29, 0.717) is 6.61 Å². The Morgan fingerprint density at radius 2 is 2.31 bits per heavy atom. The van der Waals surface area contributed by atoms with Crippen LogP contribution in [0, 0.1) is 0 Å². The summed E-state index contributed by atoms with van der Waals surface area (Å²) in [6.45, 7) is 0.571. The minimum atomic E-state index is 0.107. The van der Waals surface area contributed by atoms with Crippen LogP contribution in [0.25, 0.3) is 0 Å². The molecule has 4 heteroatoms. The molecule has 2 rings (SSSR count). The Morgan fingerprint density at radius 1 is 1.54 bits per heavy atom. The normalized spacial score (nSPS) is 18.6. The van der Waals surface area contributed by atoms with Crippen molar-refractivity contribution in [2.45, 2.75) is 18.3 Å². The molecule has 0 aromatic carbocycles. The Morgan fingerprint density at radius 3 is 2.77 bits per heavy atom. The van der Waals surface area contributed by atoms with Gasteiger partial charge in [-0.3, -0.25) is 4.98 Å². The minimum Gasteiger partial charge on any atom is -0.304 e. The smallest absolute Gasteiger partial charge is 0.0791 e. The van der Waals surface area contributed by atoms with Crippen molar-refractivity contribution >= 4 is 15.9 Å². The molecule has 3 nitrogen and oxygen atoms in total. The second-order valence-corrected chi connectivity index (χ2v) is 4.37. The lowest BCUT2D eigenvalue weighted by molar-refractivity contribution is 0.115. The highest BCUT2D eigenvalue weighted by Crippen LogP contribution is 2.47. The molecule has 1 aromatic rings. The molecule has 0 saturated heterocycles. The summed E-state index contributed by atoms with van der Waals surface area (Å²) >= 11 is 3.35. The van der Waals surface area contributed by atoms with Crippen LogP contribution in [0.5, 0.6) is 0 Å². The maximum Gasteiger partial charge on any atom is 0.0791 e. The fourth-order valence-corrected chi connectivity index (χ4v) is 1.71. The van der Waals surface area contributed by atoms with Crippen molar-refractivity contribution in [3.8, 4) is 0 Å². The molecule has 1 aromatic heterocycles. The molecule has 0 radical (unpaired) electrons. The average Bonchev–Trinajstić information content (AvgIpc) is 2.87. The first-order chi connectivity index (χ1) is 6.27. The van der Waals surface area contributed by atoms with Crippen LogP contribution in [0.1, 0.15) is 18.5 Å². The number of nitrogens with zero attached hydrogens (tertiary/aromatic N) is 1. The van der Waals surface area contributed by atoms with Crippen LogP contribution in [0.2, 0.25) is 0 Å². The maximum absolute atomic E-state index is 5.08. The Balaban J connectivity index is 2.20. The van der Waals surface area contributed by atoms with Gasteiger partial charge in [0.15, 0.2) is 0 Å². The van der Waals surface area contributed by atoms with Gasteiger partial charge in [0, 0.05) is 21.8 Å². The molecule has 0 bridgehead atoms. The quantitative estimate of drug-likeness (QED) is 0.823. The molecule has 0 unspecified atom stereocenters. The van der Waals surface area contributed by atoms with Gasteiger partial charge in [-0.15, -0.1) is 0 Å². The number of aromatic nitrogens is 1. The summed E-state index contributed by atoms with van der Waals surface area (Å²) in [6, 6.07) is 4.02.